The van der Waals surface area contributed by atoms with E-state index in [2.05, 4.69) is 4.99 Å². The van der Waals surface area contributed by atoms with Crippen LogP contribution >= 0.6 is 0 Å². The molecule has 0 bridgehead atoms. The largest absolute Gasteiger partial charge is 0.392 e. The summed E-state index contributed by atoms with van der Waals surface area (Å²) in [4.78, 5) is 3.68. The maximum Gasteiger partial charge on any atom is 0.392 e. The van der Waals surface area contributed by atoms with Crippen LogP contribution in [0.15, 0.2) is 4.99 Å². The van der Waals surface area contributed by atoms with Crippen molar-refractivity contribution in [1.82, 2.24) is 0 Å². The molecule has 1 fully saturated rings. The van der Waals surface area contributed by atoms with Crippen LogP contribution in [0.3, 0.4) is 0 Å². The number of guanidine groups is 1. The highest BCUT2D eigenvalue weighted by Crippen LogP contribution is 2.41. The van der Waals surface area contributed by atoms with E-state index in [1.807, 2.05) is 0 Å². The molecule has 1 rings (SSSR count). The van der Waals surface area contributed by atoms with Gasteiger partial charge in [-0.3, -0.25) is 4.99 Å². The van der Waals surface area contributed by atoms with Crippen molar-refractivity contribution in [2.45, 2.75) is 31.9 Å². The molecule has 88 valence electrons. The molecule has 1 saturated carbocycles. The lowest BCUT2D eigenvalue weighted by Gasteiger charge is -2.31. The third-order valence-electron chi connectivity index (χ3n) is 2.84. The van der Waals surface area contributed by atoms with Crippen LogP contribution in [0.25, 0.3) is 0 Å². The summed E-state index contributed by atoms with van der Waals surface area (Å²) in [5.41, 5.74) is 10.2. The number of halogens is 3. The molecular formula is C9H16F3N3. The summed E-state index contributed by atoms with van der Waals surface area (Å²) < 4.78 is 37.8. The van der Waals surface area contributed by atoms with E-state index in [1.54, 1.807) is 0 Å². The van der Waals surface area contributed by atoms with E-state index in [9.17, 15) is 13.2 Å². The highest BCUT2D eigenvalue weighted by Gasteiger charge is 2.45. The average Bonchev–Trinajstić information content (AvgIpc) is 2.13. The van der Waals surface area contributed by atoms with Crippen molar-refractivity contribution in [3.63, 3.8) is 0 Å². The highest BCUT2D eigenvalue weighted by atomic mass is 19.4. The van der Waals surface area contributed by atoms with Gasteiger partial charge in [0, 0.05) is 6.54 Å². The fourth-order valence-electron chi connectivity index (χ4n) is 2.08. The van der Waals surface area contributed by atoms with Crippen LogP contribution in [0.1, 0.15) is 25.7 Å². The van der Waals surface area contributed by atoms with Crippen LogP contribution in [0.4, 0.5) is 13.2 Å². The van der Waals surface area contributed by atoms with Crippen molar-refractivity contribution in [2.24, 2.45) is 28.3 Å². The summed E-state index contributed by atoms with van der Waals surface area (Å²) in [6.45, 7) is 0.0898. The minimum Gasteiger partial charge on any atom is -0.370 e. The van der Waals surface area contributed by atoms with Crippen LogP contribution < -0.4 is 11.5 Å². The van der Waals surface area contributed by atoms with Gasteiger partial charge < -0.3 is 11.5 Å². The van der Waals surface area contributed by atoms with E-state index >= 15 is 0 Å². The molecule has 0 unspecified atom stereocenters. The zero-order valence-electron chi connectivity index (χ0n) is 8.43. The first-order chi connectivity index (χ1) is 6.91. The number of nitrogens with zero attached hydrogens (tertiary/aromatic N) is 1. The summed E-state index contributed by atoms with van der Waals surface area (Å²) in [5, 5.41) is 0. The summed E-state index contributed by atoms with van der Waals surface area (Å²) in [6, 6.07) is 0. The molecule has 4 N–H and O–H groups in total. The second kappa shape index (κ2) is 4.72. The number of nitrogens with two attached hydrogens (primary N) is 2. The first-order valence-corrected chi connectivity index (χ1v) is 5.03. The normalized spacial score (nSPS) is 27.4. The Morgan fingerprint density at radius 1 is 1.20 bits per heavy atom. The van der Waals surface area contributed by atoms with Crippen LogP contribution in [-0.2, 0) is 0 Å². The summed E-state index contributed by atoms with van der Waals surface area (Å²) in [5.74, 6) is -1.84. The van der Waals surface area contributed by atoms with Gasteiger partial charge in [0.25, 0.3) is 0 Å². The third-order valence-corrected chi connectivity index (χ3v) is 2.84. The third kappa shape index (κ3) is 3.60. The zero-order chi connectivity index (χ0) is 11.5. The van der Waals surface area contributed by atoms with Crippen molar-refractivity contribution in [3.05, 3.63) is 0 Å². The van der Waals surface area contributed by atoms with E-state index in [0.717, 1.165) is 6.42 Å². The summed E-state index contributed by atoms with van der Waals surface area (Å²) in [7, 11) is 0. The molecule has 1 aliphatic carbocycles. The fraction of sp³-hybridized carbons (Fsp3) is 0.889. The monoisotopic (exact) mass is 223 g/mol. The fourth-order valence-corrected chi connectivity index (χ4v) is 2.08. The first kappa shape index (κ1) is 12.1. The Balaban J connectivity index is 2.62. The van der Waals surface area contributed by atoms with Crippen LogP contribution in [-0.4, -0.2) is 18.7 Å². The van der Waals surface area contributed by atoms with E-state index in [4.69, 9.17) is 11.5 Å². The lowest BCUT2D eigenvalue weighted by atomic mass is 9.79. The maximum atomic E-state index is 12.6. The van der Waals surface area contributed by atoms with Gasteiger partial charge in [0.15, 0.2) is 5.96 Å². The smallest absolute Gasteiger partial charge is 0.370 e. The predicted octanol–water partition coefficient (Wildman–Crippen LogP) is 1.63. The summed E-state index contributed by atoms with van der Waals surface area (Å²) >= 11 is 0. The SMILES string of the molecule is NC(N)=NC[C@H]1CCCC[C@H]1C(F)(F)F. The second-order valence-corrected chi connectivity index (χ2v) is 3.96. The van der Waals surface area contributed by atoms with Gasteiger partial charge >= 0.3 is 6.18 Å². The van der Waals surface area contributed by atoms with Crippen molar-refractivity contribution in [2.75, 3.05) is 6.54 Å². The Hall–Kier alpha value is -0.940. The van der Waals surface area contributed by atoms with E-state index in [1.165, 1.54) is 0 Å². The Labute approximate surface area is 86.7 Å². The summed E-state index contributed by atoms with van der Waals surface area (Å²) in [6.07, 6.45) is -1.89. The lowest BCUT2D eigenvalue weighted by Crippen LogP contribution is -2.35. The van der Waals surface area contributed by atoms with Gasteiger partial charge in [0.2, 0.25) is 0 Å². The van der Waals surface area contributed by atoms with E-state index < -0.39 is 18.0 Å². The molecular weight excluding hydrogens is 207 g/mol. The van der Waals surface area contributed by atoms with Crippen LogP contribution in [0.5, 0.6) is 0 Å². The van der Waals surface area contributed by atoms with Crippen molar-refractivity contribution < 1.29 is 13.2 Å². The van der Waals surface area contributed by atoms with Crippen LogP contribution in [0, 0.1) is 11.8 Å². The molecule has 0 aromatic rings. The number of rotatable bonds is 2. The van der Waals surface area contributed by atoms with Gasteiger partial charge in [-0.25, -0.2) is 0 Å². The van der Waals surface area contributed by atoms with Crippen molar-refractivity contribution in [3.8, 4) is 0 Å². The van der Waals surface area contributed by atoms with Gasteiger partial charge in [0.05, 0.1) is 5.92 Å². The molecule has 1 aliphatic rings. The molecule has 0 amide bonds. The molecule has 3 nitrogen and oxygen atoms in total. The van der Waals surface area contributed by atoms with E-state index in [0.29, 0.717) is 12.8 Å². The molecule has 2 atom stereocenters. The molecule has 0 aromatic carbocycles. The van der Waals surface area contributed by atoms with Gasteiger partial charge in [-0.05, 0) is 18.8 Å². The predicted molar refractivity (Wildman–Crippen MR) is 52.2 cm³/mol. The number of alkyl halides is 3. The molecule has 6 heteroatoms. The Bertz CT molecular complexity index is 233. The molecule has 0 aromatic heterocycles. The van der Waals surface area contributed by atoms with Crippen molar-refractivity contribution >= 4 is 5.96 Å². The first-order valence-electron chi connectivity index (χ1n) is 5.03. The van der Waals surface area contributed by atoms with Crippen LogP contribution in [0.2, 0.25) is 0 Å². The number of hydrogen-bond donors (Lipinski definition) is 2. The number of hydrogen-bond acceptors (Lipinski definition) is 1. The van der Waals surface area contributed by atoms with Crippen molar-refractivity contribution in [1.29, 1.82) is 0 Å². The maximum absolute atomic E-state index is 12.6. The Kier molecular flexibility index (Phi) is 3.82. The topological polar surface area (TPSA) is 64.4 Å². The molecule has 0 saturated heterocycles. The quantitative estimate of drug-likeness (QED) is 0.552. The second-order valence-electron chi connectivity index (χ2n) is 3.96. The average molecular weight is 223 g/mol. The highest BCUT2D eigenvalue weighted by molar-refractivity contribution is 5.75. The number of aliphatic imine (C=N–C) groups is 1. The molecule has 0 heterocycles. The minimum absolute atomic E-state index is 0.0898. The van der Waals surface area contributed by atoms with E-state index in [-0.39, 0.29) is 18.9 Å². The van der Waals surface area contributed by atoms with Gasteiger partial charge in [-0.1, -0.05) is 12.8 Å². The van der Waals surface area contributed by atoms with Gasteiger partial charge in [0.1, 0.15) is 0 Å². The standard InChI is InChI=1S/C9H16F3N3/c10-9(11,12)7-4-2-1-3-6(7)5-15-8(13)14/h6-7H,1-5H2,(H4,13,14,15)/t6-,7-/m1/s1. The molecule has 15 heavy (non-hydrogen) atoms. The van der Waals surface area contributed by atoms with Gasteiger partial charge in [-0.15, -0.1) is 0 Å². The molecule has 0 aliphatic heterocycles. The molecule has 0 spiro atoms. The Morgan fingerprint density at radius 3 is 2.33 bits per heavy atom. The lowest BCUT2D eigenvalue weighted by molar-refractivity contribution is -0.195. The minimum atomic E-state index is -4.12. The Morgan fingerprint density at radius 2 is 1.80 bits per heavy atom. The van der Waals surface area contributed by atoms with Gasteiger partial charge in [-0.2, -0.15) is 13.2 Å². The molecule has 0 radical (unpaired) electrons. The zero-order valence-corrected chi connectivity index (χ0v) is 8.43.